The van der Waals surface area contributed by atoms with Crippen molar-refractivity contribution < 1.29 is 19.5 Å². The predicted octanol–water partition coefficient (Wildman–Crippen LogP) is 0.830. The highest BCUT2D eigenvalue weighted by atomic mass is 35.5. The zero-order valence-electron chi connectivity index (χ0n) is 17.7. The van der Waals surface area contributed by atoms with Gasteiger partial charge in [0.1, 0.15) is 17.2 Å². The van der Waals surface area contributed by atoms with Crippen molar-refractivity contribution in [2.45, 2.75) is 19.0 Å². The van der Waals surface area contributed by atoms with E-state index in [1.54, 1.807) is 17.0 Å². The molecule has 2 aromatic heterocycles. The van der Waals surface area contributed by atoms with Crippen LogP contribution < -0.4 is 5.32 Å². The molecule has 1 fully saturated rings. The van der Waals surface area contributed by atoms with E-state index >= 15 is 0 Å². The molecular weight excluding hydrogens is 436 g/mol. The van der Waals surface area contributed by atoms with E-state index in [-0.39, 0.29) is 48.3 Å². The number of halogens is 1. The van der Waals surface area contributed by atoms with Crippen LogP contribution in [0.15, 0.2) is 37.2 Å². The van der Waals surface area contributed by atoms with Crippen molar-refractivity contribution in [1.82, 2.24) is 30.1 Å². The molecule has 3 rings (SSSR count). The van der Waals surface area contributed by atoms with Gasteiger partial charge in [0.15, 0.2) is 0 Å². The molecule has 2 N–H and O–H groups in total. The van der Waals surface area contributed by atoms with Crippen LogP contribution in [0, 0.1) is 0 Å². The largest absolute Gasteiger partial charge is 0.394 e. The minimum Gasteiger partial charge on any atom is -0.394 e. The maximum absolute atomic E-state index is 12.4. The summed E-state index contributed by atoms with van der Waals surface area (Å²) in [6.45, 7) is 5.11. The van der Waals surface area contributed by atoms with Gasteiger partial charge in [0.25, 0.3) is 5.91 Å². The normalized spacial score (nSPS) is 18.2. The zero-order valence-corrected chi connectivity index (χ0v) is 18.4. The predicted molar refractivity (Wildman–Crippen MR) is 117 cm³/mol. The molecule has 0 aliphatic carbocycles. The first-order chi connectivity index (χ1) is 15.3. The van der Waals surface area contributed by atoms with Crippen LogP contribution in [0.4, 0.5) is 0 Å². The lowest BCUT2D eigenvalue weighted by atomic mass is 9.93. The van der Waals surface area contributed by atoms with Gasteiger partial charge in [0.05, 0.1) is 30.1 Å². The smallest absolute Gasteiger partial charge is 0.269 e. The van der Waals surface area contributed by atoms with Crippen molar-refractivity contribution >= 4 is 29.3 Å². The average Bonchev–Trinajstić information content (AvgIpc) is 2.81. The molecule has 10 nitrogen and oxygen atoms in total. The number of aliphatic hydroxyl groups excluding tert-OH is 1. The van der Waals surface area contributed by atoms with E-state index < -0.39 is 12.1 Å². The van der Waals surface area contributed by atoms with Gasteiger partial charge in [-0.1, -0.05) is 18.2 Å². The molecule has 0 aromatic carbocycles. The Bertz CT molecular complexity index is 1060. The summed E-state index contributed by atoms with van der Waals surface area (Å²) in [5.41, 5.74) is 1.43. The molecule has 0 unspecified atom stereocenters. The minimum atomic E-state index is -0.712. The second-order valence-corrected chi connectivity index (χ2v) is 7.51. The van der Waals surface area contributed by atoms with Gasteiger partial charge in [0.2, 0.25) is 11.8 Å². The fourth-order valence-corrected chi connectivity index (χ4v) is 4.03. The van der Waals surface area contributed by atoms with Crippen LogP contribution in [-0.4, -0.2) is 80.4 Å². The summed E-state index contributed by atoms with van der Waals surface area (Å²) in [6, 6.07) is 3.34. The molecule has 0 bridgehead atoms. The van der Waals surface area contributed by atoms with Crippen LogP contribution in [-0.2, 0) is 9.59 Å². The summed E-state index contributed by atoms with van der Waals surface area (Å²) >= 11 is 6.30. The van der Waals surface area contributed by atoms with Gasteiger partial charge in [-0.3, -0.25) is 14.4 Å². The Morgan fingerprint density at radius 1 is 1.22 bits per heavy atom. The van der Waals surface area contributed by atoms with Crippen molar-refractivity contribution in [3.63, 3.8) is 0 Å². The SMILES string of the molecule is C=CC(=O)N1CCN(C(C)=O)[C@@H](c2cc(Cl)nc(-c3cc(C(=O)NC)ncn3)c2)[C@@H]1CO. The quantitative estimate of drug-likeness (QED) is 0.501. The monoisotopic (exact) mass is 458 g/mol. The van der Waals surface area contributed by atoms with Crippen LogP contribution in [0.5, 0.6) is 0 Å². The Hall–Kier alpha value is -3.37. The number of nitrogens with one attached hydrogen (secondary N) is 1. The first-order valence-corrected chi connectivity index (χ1v) is 10.2. The first-order valence-electron chi connectivity index (χ1n) is 9.83. The van der Waals surface area contributed by atoms with E-state index in [2.05, 4.69) is 26.8 Å². The Kier molecular flexibility index (Phi) is 7.16. The molecular formula is C21H23ClN6O4. The number of hydrogen-bond donors (Lipinski definition) is 2. The summed E-state index contributed by atoms with van der Waals surface area (Å²) < 4.78 is 0. The summed E-state index contributed by atoms with van der Waals surface area (Å²) in [5.74, 6) is -0.939. The second kappa shape index (κ2) is 9.84. The number of nitrogens with zero attached hydrogens (tertiary/aromatic N) is 5. The van der Waals surface area contributed by atoms with E-state index in [1.807, 2.05) is 0 Å². The number of carbonyl (C=O) groups excluding carboxylic acids is 3. The van der Waals surface area contributed by atoms with E-state index in [9.17, 15) is 19.5 Å². The van der Waals surface area contributed by atoms with Crippen molar-refractivity contribution in [1.29, 1.82) is 0 Å². The Morgan fingerprint density at radius 2 is 1.94 bits per heavy atom. The molecule has 2 atom stereocenters. The average molecular weight is 459 g/mol. The summed E-state index contributed by atoms with van der Waals surface area (Å²) in [4.78, 5) is 52.2. The van der Waals surface area contributed by atoms with Crippen molar-refractivity contribution in [2.24, 2.45) is 0 Å². The van der Waals surface area contributed by atoms with E-state index in [1.165, 1.54) is 37.3 Å². The molecule has 32 heavy (non-hydrogen) atoms. The topological polar surface area (TPSA) is 129 Å². The van der Waals surface area contributed by atoms with Gasteiger partial charge in [-0.05, 0) is 29.8 Å². The molecule has 1 saturated heterocycles. The number of carbonyl (C=O) groups is 3. The van der Waals surface area contributed by atoms with Gasteiger partial charge >= 0.3 is 0 Å². The Balaban J connectivity index is 2.11. The number of amides is 3. The van der Waals surface area contributed by atoms with Crippen LogP contribution in [0.3, 0.4) is 0 Å². The first kappa shape index (κ1) is 23.3. The fraction of sp³-hybridized carbons (Fsp3) is 0.333. The Morgan fingerprint density at radius 3 is 2.56 bits per heavy atom. The molecule has 3 heterocycles. The van der Waals surface area contributed by atoms with Crippen LogP contribution in [0.1, 0.15) is 29.0 Å². The third-order valence-electron chi connectivity index (χ3n) is 5.28. The number of hydrogen-bond acceptors (Lipinski definition) is 7. The number of rotatable bonds is 5. The van der Waals surface area contributed by atoms with Gasteiger partial charge in [-0.25, -0.2) is 15.0 Å². The minimum absolute atomic E-state index is 0.130. The molecule has 3 amide bonds. The van der Waals surface area contributed by atoms with E-state index in [0.717, 1.165) is 0 Å². The van der Waals surface area contributed by atoms with Crippen molar-refractivity contribution in [3.8, 4) is 11.4 Å². The Labute approximate surface area is 189 Å². The van der Waals surface area contributed by atoms with Gasteiger partial charge in [-0.15, -0.1) is 0 Å². The lowest BCUT2D eigenvalue weighted by molar-refractivity contribution is -0.145. The lowest BCUT2D eigenvalue weighted by Crippen LogP contribution is -2.58. The number of aliphatic hydroxyl groups is 1. The van der Waals surface area contributed by atoms with Crippen LogP contribution >= 0.6 is 11.6 Å². The van der Waals surface area contributed by atoms with Crippen LogP contribution in [0.2, 0.25) is 5.15 Å². The fourth-order valence-electron chi connectivity index (χ4n) is 3.81. The maximum Gasteiger partial charge on any atom is 0.269 e. The van der Waals surface area contributed by atoms with E-state index in [4.69, 9.17) is 11.6 Å². The highest BCUT2D eigenvalue weighted by Gasteiger charge is 2.40. The molecule has 0 saturated carbocycles. The molecule has 0 radical (unpaired) electrons. The van der Waals surface area contributed by atoms with Gasteiger partial charge < -0.3 is 20.2 Å². The van der Waals surface area contributed by atoms with Crippen molar-refractivity contribution in [3.05, 3.63) is 53.6 Å². The molecule has 11 heteroatoms. The van der Waals surface area contributed by atoms with Gasteiger partial charge in [-0.2, -0.15) is 0 Å². The standard InChI is InChI=1S/C21H23ClN6O4/c1-4-19(31)28-6-5-27(12(2)30)20(17(28)10-29)13-7-15(26-18(22)8-13)14-9-16(21(32)23-3)25-11-24-14/h4,7-9,11,17,20,29H,1,5-6,10H2,2-3H3,(H,23,32)/t17-,20-/m0/s1. The summed E-state index contributed by atoms with van der Waals surface area (Å²) in [6.07, 6.45) is 2.42. The molecule has 2 aromatic rings. The third kappa shape index (κ3) is 4.61. The molecule has 1 aliphatic rings. The highest BCUT2D eigenvalue weighted by Crippen LogP contribution is 2.34. The number of pyridine rings is 1. The summed E-state index contributed by atoms with van der Waals surface area (Å²) in [5, 5.41) is 12.8. The maximum atomic E-state index is 12.4. The van der Waals surface area contributed by atoms with Crippen molar-refractivity contribution in [2.75, 3.05) is 26.7 Å². The van der Waals surface area contributed by atoms with Gasteiger partial charge in [0, 0.05) is 27.1 Å². The van der Waals surface area contributed by atoms with Crippen LogP contribution in [0.25, 0.3) is 11.4 Å². The molecule has 1 aliphatic heterocycles. The second-order valence-electron chi connectivity index (χ2n) is 7.12. The lowest BCUT2D eigenvalue weighted by Gasteiger charge is -2.46. The number of aromatic nitrogens is 3. The van der Waals surface area contributed by atoms with E-state index in [0.29, 0.717) is 17.0 Å². The highest BCUT2D eigenvalue weighted by molar-refractivity contribution is 6.29. The molecule has 0 spiro atoms. The number of piperazine rings is 1. The summed E-state index contributed by atoms with van der Waals surface area (Å²) in [7, 11) is 1.49. The molecule has 168 valence electrons. The zero-order chi connectivity index (χ0) is 23.4. The third-order valence-corrected chi connectivity index (χ3v) is 5.47.